The summed E-state index contributed by atoms with van der Waals surface area (Å²) in [5.74, 6) is 0.126. The van der Waals surface area contributed by atoms with Crippen LogP contribution in [-0.4, -0.2) is 25.5 Å². The van der Waals surface area contributed by atoms with E-state index in [0.29, 0.717) is 29.1 Å². The Morgan fingerprint density at radius 1 is 1.04 bits per heavy atom. The molecule has 2 rings (SSSR count). The predicted molar refractivity (Wildman–Crippen MR) is 94.6 cm³/mol. The molecular formula is C19H22N2O3. The molecule has 0 spiro atoms. The van der Waals surface area contributed by atoms with Gasteiger partial charge < -0.3 is 15.4 Å². The Morgan fingerprint density at radius 3 is 2.58 bits per heavy atom. The molecule has 0 radical (unpaired) electrons. The number of nitrogens with one attached hydrogen (secondary N) is 2. The van der Waals surface area contributed by atoms with Crippen LogP contribution in [0.25, 0.3) is 0 Å². The molecule has 0 aliphatic carbocycles. The highest BCUT2D eigenvalue weighted by molar-refractivity contribution is 6.09. The van der Waals surface area contributed by atoms with Crippen molar-refractivity contribution in [3.8, 4) is 5.75 Å². The topological polar surface area (TPSA) is 67.4 Å². The van der Waals surface area contributed by atoms with Crippen LogP contribution < -0.4 is 15.4 Å². The molecule has 126 valence electrons. The van der Waals surface area contributed by atoms with Gasteiger partial charge in [0.25, 0.3) is 11.8 Å². The van der Waals surface area contributed by atoms with Crippen molar-refractivity contribution in [3.63, 3.8) is 0 Å². The molecule has 2 amide bonds. The summed E-state index contributed by atoms with van der Waals surface area (Å²) >= 11 is 0. The number of rotatable bonds is 7. The number of unbranched alkanes of at least 4 members (excludes halogenated alkanes) is 1. The van der Waals surface area contributed by atoms with Crippen molar-refractivity contribution in [1.82, 2.24) is 5.32 Å². The maximum absolute atomic E-state index is 12.4. The quantitative estimate of drug-likeness (QED) is 0.766. The van der Waals surface area contributed by atoms with Crippen LogP contribution >= 0.6 is 0 Å². The Hall–Kier alpha value is -2.82. The zero-order chi connectivity index (χ0) is 17.4. The SMILES string of the molecule is CCCCNC(=O)c1ccccc1NC(=O)c1cccc(OC)c1. The van der Waals surface area contributed by atoms with Crippen LogP contribution in [0.3, 0.4) is 0 Å². The van der Waals surface area contributed by atoms with E-state index in [2.05, 4.69) is 17.6 Å². The highest BCUT2D eigenvalue weighted by Crippen LogP contribution is 2.18. The molecule has 0 bridgehead atoms. The number of ether oxygens (including phenoxy) is 1. The zero-order valence-electron chi connectivity index (χ0n) is 14.0. The van der Waals surface area contributed by atoms with Gasteiger partial charge in [0.1, 0.15) is 5.75 Å². The summed E-state index contributed by atoms with van der Waals surface area (Å²) in [5, 5.41) is 5.66. The molecule has 0 saturated carbocycles. The standard InChI is InChI=1S/C19H22N2O3/c1-3-4-12-20-19(23)16-10-5-6-11-17(16)21-18(22)14-8-7-9-15(13-14)24-2/h5-11,13H,3-4,12H2,1-2H3,(H,20,23)(H,21,22). The van der Waals surface area contributed by atoms with Crippen molar-refractivity contribution in [1.29, 1.82) is 0 Å². The van der Waals surface area contributed by atoms with Crippen LogP contribution in [0.1, 0.15) is 40.5 Å². The van der Waals surface area contributed by atoms with Gasteiger partial charge in [-0.25, -0.2) is 0 Å². The van der Waals surface area contributed by atoms with E-state index in [4.69, 9.17) is 4.74 Å². The number of hydrogen-bond acceptors (Lipinski definition) is 3. The van der Waals surface area contributed by atoms with Gasteiger partial charge in [-0.1, -0.05) is 31.5 Å². The number of carbonyl (C=O) groups excluding carboxylic acids is 2. The van der Waals surface area contributed by atoms with Gasteiger partial charge in [-0.05, 0) is 36.8 Å². The van der Waals surface area contributed by atoms with Gasteiger partial charge >= 0.3 is 0 Å². The molecule has 0 aromatic heterocycles. The molecule has 0 fully saturated rings. The van der Waals surface area contributed by atoms with Crippen molar-refractivity contribution in [2.75, 3.05) is 19.0 Å². The summed E-state index contributed by atoms with van der Waals surface area (Å²) in [4.78, 5) is 24.7. The van der Waals surface area contributed by atoms with Crippen molar-refractivity contribution in [2.45, 2.75) is 19.8 Å². The largest absolute Gasteiger partial charge is 0.497 e. The fourth-order valence-electron chi connectivity index (χ4n) is 2.22. The van der Waals surface area contributed by atoms with E-state index in [1.54, 1.807) is 55.6 Å². The van der Waals surface area contributed by atoms with Crippen molar-refractivity contribution >= 4 is 17.5 Å². The molecule has 5 nitrogen and oxygen atoms in total. The second kappa shape index (κ2) is 8.72. The van der Waals surface area contributed by atoms with Gasteiger partial charge in [-0.2, -0.15) is 0 Å². The first-order chi connectivity index (χ1) is 11.7. The smallest absolute Gasteiger partial charge is 0.255 e. The molecule has 0 heterocycles. The summed E-state index contributed by atoms with van der Waals surface area (Å²) in [7, 11) is 1.55. The molecule has 24 heavy (non-hydrogen) atoms. The molecule has 0 atom stereocenters. The summed E-state index contributed by atoms with van der Waals surface area (Å²) in [6.45, 7) is 2.68. The monoisotopic (exact) mass is 326 g/mol. The van der Waals surface area contributed by atoms with Crippen LogP contribution in [0.15, 0.2) is 48.5 Å². The van der Waals surface area contributed by atoms with Crippen molar-refractivity contribution in [2.24, 2.45) is 0 Å². The van der Waals surface area contributed by atoms with Crippen LogP contribution in [-0.2, 0) is 0 Å². The Kier molecular flexibility index (Phi) is 6.37. The van der Waals surface area contributed by atoms with Crippen LogP contribution in [0.4, 0.5) is 5.69 Å². The van der Waals surface area contributed by atoms with E-state index in [-0.39, 0.29) is 11.8 Å². The Labute approximate surface area is 142 Å². The number of carbonyl (C=O) groups is 2. The lowest BCUT2D eigenvalue weighted by Crippen LogP contribution is -2.26. The van der Waals surface area contributed by atoms with Crippen LogP contribution in [0.5, 0.6) is 5.75 Å². The third-order valence-electron chi connectivity index (χ3n) is 3.57. The number of benzene rings is 2. The molecule has 5 heteroatoms. The lowest BCUT2D eigenvalue weighted by atomic mass is 10.1. The minimum atomic E-state index is -0.289. The number of methoxy groups -OCH3 is 1. The first kappa shape index (κ1) is 17.5. The molecular weight excluding hydrogens is 304 g/mol. The van der Waals surface area contributed by atoms with E-state index in [0.717, 1.165) is 12.8 Å². The minimum absolute atomic E-state index is 0.190. The number of amides is 2. The van der Waals surface area contributed by atoms with Crippen molar-refractivity contribution < 1.29 is 14.3 Å². The van der Waals surface area contributed by atoms with E-state index >= 15 is 0 Å². The molecule has 0 aliphatic rings. The second-order valence-electron chi connectivity index (χ2n) is 5.34. The van der Waals surface area contributed by atoms with Gasteiger partial charge in [0.2, 0.25) is 0 Å². The van der Waals surface area contributed by atoms with Crippen LogP contribution in [0, 0.1) is 0 Å². The van der Waals surface area contributed by atoms with Crippen LogP contribution in [0.2, 0.25) is 0 Å². The second-order valence-corrected chi connectivity index (χ2v) is 5.34. The lowest BCUT2D eigenvalue weighted by molar-refractivity contribution is 0.0954. The van der Waals surface area contributed by atoms with E-state index in [9.17, 15) is 9.59 Å². The third kappa shape index (κ3) is 4.59. The van der Waals surface area contributed by atoms with Gasteiger partial charge in [0.05, 0.1) is 18.4 Å². The average molecular weight is 326 g/mol. The number of hydrogen-bond donors (Lipinski definition) is 2. The fraction of sp³-hybridized carbons (Fsp3) is 0.263. The highest BCUT2D eigenvalue weighted by atomic mass is 16.5. The fourth-order valence-corrected chi connectivity index (χ4v) is 2.22. The van der Waals surface area contributed by atoms with E-state index < -0.39 is 0 Å². The Morgan fingerprint density at radius 2 is 1.83 bits per heavy atom. The molecule has 0 aliphatic heterocycles. The summed E-state index contributed by atoms with van der Waals surface area (Å²) in [5.41, 5.74) is 1.40. The van der Waals surface area contributed by atoms with E-state index in [1.165, 1.54) is 0 Å². The highest BCUT2D eigenvalue weighted by Gasteiger charge is 2.14. The zero-order valence-corrected chi connectivity index (χ0v) is 14.0. The maximum atomic E-state index is 12.4. The predicted octanol–water partition coefficient (Wildman–Crippen LogP) is 3.48. The van der Waals surface area contributed by atoms with E-state index in [1.807, 2.05) is 0 Å². The maximum Gasteiger partial charge on any atom is 0.255 e. The van der Waals surface area contributed by atoms with Gasteiger partial charge in [-0.15, -0.1) is 0 Å². The summed E-state index contributed by atoms with van der Waals surface area (Å²) < 4.78 is 5.13. The van der Waals surface area contributed by atoms with Crippen molar-refractivity contribution in [3.05, 3.63) is 59.7 Å². The Bertz CT molecular complexity index is 713. The number of anilines is 1. The lowest BCUT2D eigenvalue weighted by Gasteiger charge is -2.11. The average Bonchev–Trinajstić information content (AvgIpc) is 2.62. The Balaban J connectivity index is 2.14. The molecule has 2 aromatic rings. The van der Waals surface area contributed by atoms with Gasteiger partial charge in [0.15, 0.2) is 0 Å². The third-order valence-corrected chi connectivity index (χ3v) is 3.57. The molecule has 0 unspecified atom stereocenters. The summed E-state index contributed by atoms with van der Waals surface area (Å²) in [6, 6.07) is 13.8. The first-order valence-electron chi connectivity index (χ1n) is 7.98. The number of para-hydroxylation sites is 1. The minimum Gasteiger partial charge on any atom is -0.497 e. The first-order valence-corrected chi connectivity index (χ1v) is 7.98. The van der Waals surface area contributed by atoms with Gasteiger partial charge in [-0.3, -0.25) is 9.59 Å². The van der Waals surface area contributed by atoms with Gasteiger partial charge in [0, 0.05) is 12.1 Å². The molecule has 2 aromatic carbocycles. The normalized spacial score (nSPS) is 10.1. The molecule has 2 N–H and O–H groups in total. The summed E-state index contributed by atoms with van der Waals surface area (Å²) in [6.07, 6.45) is 1.93. The molecule has 0 saturated heterocycles.